The molecule has 0 heterocycles. The SMILES string of the molecule is Cl.N.NC(N)=O.S. The van der Waals surface area contributed by atoms with E-state index in [0.29, 0.717) is 0 Å². The molecule has 0 saturated heterocycles. The van der Waals surface area contributed by atoms with E-state index < -0.39 is 6.03 Å². The minimum atomic E-state index is -0.833. The van der Waals surface area contributed by atoms with E-state index >= 15 is 0 Å². The van der Waals surface area contributed by atoms with Crippen molar-refractivity contribution >= 4 is 31.9 Å². The summed E-state index contributed by atoms with van der Waals surface area (Å²) >= 11 is 0. The van der Waals surface area contributed by atoms with Crippen LogP contribution in [-0.4, -0.2) is 6.03 Å². The third-order valence-corrected chi connectivity index (χ3v) is 0. The molecule has 0 aliphatic rings. The summed E-state index contributed by atoms with van der Waals surface area (Å²) in [4.78, 5) is 9.00. The normalized spacial score (nSPS) is 3.43. The van der Waals surface area contributed by atoms with E-state index in [1.807, 2.05) is 0 Å². The average Bonchev–Trinajstić information content (AvgIpc) is 0.811. The predicted molar refractivity (Wildman–Crippen MR) is 36.4 cm³/mol. The number of carbonyl (C=O) groups is 1. The van der Waals surface area contributed by atoms with E-state index in [1.54, 1.807) is 0 Å². The van der Waals surface area contributed by atoms with Crippen LogP contribution in [0, 0.1) is 0 Å². The van der Waals surface area contributed by atoms with Crippen LogP contribution in [0.25, 0.3) is 0 Å². The van der Waals surface area contributed by atoms with E-state index in [-0.39, 0.29) is 32.1 Å². The second kappa shape index (κ2) is 16.9. The predicted octanol–water partition coefficient (Wildman–Crippen LogP) is -0.280. The monoisotopic (exact) mass is 147 g/mol. The Bertz CT molecular complexity index is 37.9. The first-order chi connectivity index (χ1) is 1.73. The van der Waals surface area contributed by atoms with Crippen molar-refractivity contribution in [2.24, 2.45) is 11.5 Å². The Balaban J connectivity index is -0.0000000150. The molecule has 48 valence electrons. The molecule has 0 aliphatic carbocycles. The van der Waals surface area contributed by atoms with Gasteiger partial charge < -0.3 is 17.6 Å². The lowest BCUT2D eigenvalue weighted by molar-refractivity contribution is 0.256. The number of hydrogen-bond acceptors (Lipinski definition) is 2. The third kappa shape index (κ3) is 5200. The smallest absolute Gasteiger partial charge is 0.309 e. The molecule has 0 aromatic carbocycles. The second-order valence-electron chi connectivity index (χ2n) is 0.402. The zero-order valence-corrected chi connectivity index (χ0v) is 5.49. The van der Waals surface area contributed by atoms with Crippen molar-refractivity contribution in [2.45, 2.75) is 0 Å². The lowest BCUT2D eigenvalue weighted by Gasteiger charge is -1.62. The van der Waals surface area contributed by atoms with Crippen LogP contribution in [0.5, 0.6) is 0 Å². The Morgan fingerprint density at radius 2 is 1.29 bits per heavy atom. The summed E-state index contributed by atoms with van der Waals surface area (Å²) in [5.41, 5.74) is 8.50. The fraction of sp³-hybridized carbons (Fsp3) is 0. The lowest BCUT2D eigenvalue weighted by Crippen LogP contribution is -2.18. The summed E-state index contributed by atoms with van der Waals surface area (Å²) in [6.45, 7) is 0. The summed E-state index contributed by atoms with van der Waals surface area (Å²) < 4.78 is 0. The maximum Gasteiger partial charge on any atom is 0.309 e. The fourth-order valence-electron chi connectivity index (χ4n) is 0. The van der Waals surface area contributed by atoms with Gasteiger partial charge >= 0.3 is 6.03 Å². The Hall–Kier alpha value is -0.130. The first-order valence-corrected chi connectivity index (χ1v) is 0.781. The maximum atomic E-state index is 9.00. The highest BCUT2D eigenvalue weighted by molar-refractivity contribution is 7.59. The van der Waals surface area contributed by atoms with Crippen LogP contribution in [0.1, 0.15) is 0 Å². The molecule has 0 bridgehead atoms. The Morgan fingerprint density at radius 1 is 1.29 bits per heavy atom. The van der Waals surface area contributed by atoms with Gasteiger partial charge in [-0.05, 0) is 0 Å². The topological polar surface area (TPSA) is 104 Å². The van der Waals surface area contributed by atoms with Crippen LogP contribution < -0.4 is 17.6 Å². The van der Waals surface area contributed by atoms with Gasteiger partial charge in [0.2, 0.25) is 0 Å². The van der Waals surface area contributed by atoms with E-state index in [0.717, 1.165) is 0 Å². The van der Waals surface area contributed by atoms with E-state index in [2.05, 4.69) is 11.5 Å². The van der Waals surface area contributed by atoms with E-state index in [1.165, 1.54) is 0 Å². The summed E-state index contributed by atoms with van der Waals surface area (Å²) in [5, 5.41) is 0. The van der Waals surface area contributed by atoms with Gasteiger partial charge in [-0.1, -0.05) is 0 Å². The van der Waals surface area contributed by atoms with Crippen LogP contribution >= 0.6 is 25.9 Å². The molecule has 2 amide bonds. The molecule has 0 fully saturated rings. The summed E-state index contributed by atoms with van der Waals surface area (Å²) in [6, 6.07) is -0.833. The van der Waals surface area contributed by atoms with Crippen LogP contribution in [0.15, 0.2) is 0 Å². The van der Waals surface area contributed by atoms with Gasteiger partial charge in [0.15, 0.2) is 0 Å². The molecule has 0 spiro atoms. The number of carbonyl (C=O) groups excluding carboxylic acids is 1. The van der Waals surface area contributed by atoms with Crippen molar-refractivity contribution in [1.82, 2.24) is 6.15 Å². The Kier molecular flexibility index (Phi) is 69.4. The molecule has 0 rings (SSSR count). The van der Waals surface area contributed by atoms with Gasteiger partial charge in [0, 0.05) is 0 Å². The van der Waals surface area contributed by atoms with Gasteiger partial charge in [0.05, 0.1) is 0 Å². The van der Waals surface area contributed by atoms with Gasteiger partial charge in [-0.15, -0.1) is 12.4 Å². The molecule has 4 nitrogen and oxygen atoms in total. The molecule has 7 N–H and O–H groups in total. The molecule has 7 heavy (non-hydrogen) atoms. The zero-order chi connectivity index (χ0) is 3.58. The van der Waals surface area contributed by atoms with Crippen molar-refractivity contribution in [1.29, 1.82) is 0 Å². The lowest BCUT2D eigenvalue weighted by atomic mass is 11.2. The van der Waals surface area contributed by atoms with Crippen LogP contribution in [0.3, 0.4) is 0 Å². The van der Waals surface area contributed by atoms with Crippen molar-refractivity contribution in [3.05, 3.63) is 0 Å². The van der Waals surface area contributed by atoms with E-state index in [4.69, 9.17) is 4.79 Å². The Labute approximate surface area is 55.1 Å². The number of primary amides is 2. The minimum Gasteiger partial charge on any atom is -0.352 e. The minimum absolute atomic E-state index is 0. The van der Waals surface area contributed by atoms with Gasteiger partial charge in [-0.25, -0.2) is 4.79 Å². The van der Waals surface area contributed by atoms with Gasteiger partial charge in [0.1, 0.15) is 0 Å². The largest absolute Gasteiger partial charge is 0.352 e. The molecule has 0 aliphatic heterocycles. The Morgan fingerprint density at radius 3 is 1.29 bits per heavy atom. The number of amides is 2. The average molecular weight is 148 g/mol. The quantitative estimate of drug-likeness (QED) is 0.439. The van der Waals surface area contributed by atoms with Gasteiger partial charge in [-0.2, -0.15) is 13.5 Å². The molecule has 0 aromatic rings. The van der Waals surface area contributed by atoms with Crippen molar-refractivity contribution < 1.29 is 4.79 Å². The van der Waals surface area contributed by atoms with Crippen molar-refractivity contribution in [3.63, 3.8) is 0 Å². The summed E-state index contributed by atoms with van der Waals surface area (Å²) in [6.07, 6.45) is 0. The number of nitrogens with two attached hydrogens (primary N) is 2. The second-order valence-corrected chi connectivity index (χ2v) is 0.402. The molecule has 0 atom stereocenters. The molecule has 6 heteroatoms. The third-order valence-electron chi connectivity index (χ3n) is 0. The highest BCUT2D eigenvalue weighted by Gasteiger charge is 1.60. The van der Waals surface area contributed by atoms with Gasteiger partial charge in [0.25, 0.3) is 0 Å². The standard InChI is InChI=1S/CH4N2O.ClH.H3N.H2S/c2-1(3)4;;;/h(H4,2,3,4);1H;1H3;1H2. The number of hydrogen-bond donors (Lipinski definition) is 3. The number of rotatable bonds is 0. The molecule has 0 unspecified atom stereocenters. The first-order valence-electron chi connectivity index (χ1n) is 0.781. The molecule has 0 saturated carbocycles. The fourth-order valence-corrected chi connectivity index (χ4v) is 0. The summed E-state index contributed by atoms with van der Waals surface area (Å²) in [5.74, 6) is 0. The van der Waals surface area contributed by atoms with Crippen molar-refractivity contribution in [2.75, 3.05) is 0 Å². The molecule has 0 radical (unpaired) electrons. The zero-order valence-electron chi connectivity index (χ0n) is 3.68. The highest BCUT2D eigenvalue weighted by atomic mass is 35.5. The summed E-state index contributed by atoms with van der Waals surface area (Å²) in [7, 11) is 0. The maximum absolute atomic E-state index is 9.00. The van der Waals surface area contributed by atoms with E-state index in [9.17, 15) is 0 Å². The highest BCUT2D eigenvalue weighted by Crippen LogP contribution is 1.25. The van der Waals surface area contributed by atoms with Crippen molar-refractivity contribution in [3.8, 4) is 0 Å². The first kappa shape index (κ1) is 28.7. The number of halogens is 1. The van der Waals surface area contributed by atoms with Crippen LogP contribution in [0.4, 0.5) is 4.79 Å². The van der Waals surface area contributed by atoms with Crippen LogP contribution in [0.2, 0.25) is 0 Å². The van der Waals surface area contributed by atoms with Gasteiger partial charge in [-0.3, -0.25) is 0 Å². The number of urea groups is 1. The molecule has 0 aromatic heterocycles. The molecular formula is CH10ClN3OS. The molecular weight excluding hydrogens is 138 g/mol. The van der Waals surface area contributed by atoms with Crippen LogP contribution in [-0.2, 0) is 0 Å².